The number of rotatable bonds is 6. The predicted molar refractivity (Wildman–Crippen MR) is 93.3 cm³/mol. The monoisotopic (exact) mass is 333 g/mol. The summed E-state index contributed by atoms with van der Waals surface area (Å²) in [5.41, 5.74) is 0. The number of nitrogens with zero attached hydrogens (tertiary/aromatic N) is 3. The zero-order valence-corrected chi connectivity index (χ0v) is 14.4. The number of hydrogen-bond acceptors (Lipinski definition) is 3. The lowest BCUT2D eigenvalue weighted by Crippen LogP contribution is -2.39. The highest BCUT2D eigenvalue weighted by Gasteiger charge is 2.22. The van der Waals surface area contributed by atoms with Crippen LogP contribution in [-0.4, -0.2) is 40.7 Å². The first-order valence-electron chi connectivity index (χ1n) is 8.39. The molecule has 0 N–H and O–H groups in total. The molecule has 0 saturated carbocycles. The first-order valence-corrected chi connectivity index (χ1v) is 8.77. The smallest absolute Gasteiger partial charge is 0.137 e. The molecule has 0 spiro atoms. The molecule has 0 aliphatic carbocycles. The van der Waals surface area contributed by atoms with Gasteiger partial charge in [0.2, 0.25) is 0 Å². The van der Waals surface area contributed by atoms with Gasteiger partial charge in [0, 0.05) is 37.9 Å². The van der Waals surface area contributed by atoms with Crippen LogP contribution in [0.25, 0.3) is 0 Å². The molecule has 1 atom stereocenters. The molecule has 124 valence electrons. The van der Waals surface area contributed by atoms with Crippen LogP contribution in [0.1, 0.15) is 31.6 Å². The standard InChI is InChI=1S/C18H24ClN3O/c1-2-18-20-9-11-22(18)15-6-5-10-21(14-15)12-13-23-17-8-4-3-7-16(17)19/h3-4,7-9,11,15H,2,5-6,10,12-14H2,1H3. The first-order chi connectivity index (χ1) is 11.3. The van der Waals surface area contributed by atoms with Gasteiger partial charge < -0.3 is 9.30 Å². The Morgan fingerprint density at radius 3 is 3.04 bits per heavy atom. The molecule has 5 heteroatoms. The number of likely N-dealkylation sites (tertiary alicyclic amines) is 1. The normalized spacial score (nSPS) is 19.0. The van der Waals surface area contributed by atoms with E-state index in [0.717, 1.165) is 31.8 Å². The van der Waals surface area contributed by atoms with Crippen molar-refractivity contribution in [2.45, 2.75) is 32.2 Å². The molecule has 4 nitrogen and oxygen atoms in total. The van der Waals surface area contributed by atoms with E-state index in [0.29, 0.717) is 17.7 Å². The molecule has 1 aromatic heterocycles. The van der Waals surface area contributed by atoms with E-state index in [1.807, 2.05) is 30.5 Å². The molecule has 1 aliphatic heterocycles. The molecule has 23 heavy (non-hydrogen) atoms. The van der Waals surface area contributed by atoms with E-state index in [1.54, 1.807) is 0 Å². The molecule has 0 bridgehead atoms. The average Bonchev–Trinajstić information content (AvgIpc) is 3.06. The van der Waals surface area contributed by atoms with Crippen LogP contribution >= 0.6 is 11.6 Å². The molecule has 1 fully saturated rings. The zero-order chi connectivity index (χ0) is 16.1. The first kappa shape index (κ1) is 16.3. The second kappa shape index (κ2) is 7.84. The average molecular weight is 334 g/mol. The maximum Gasteiger partial charge on any atom is 0.137 e. The van der Waals surface area contributed by atoms with Gasteiger partial charge in [-0.25, -0.2) is 4.98 Å². The molecular weight excluding hydrogens is 310 g/mol. The largest absolute Gasteiger partial charge is 0.491 e. The van der Waals surface area contributed by atoms with Crippen molar-refractivity contribution >= 4 is 11.6 Å². The van der Waals surface area contributed by atoms with Crippen molar-refractivity contribution in [2.24, 2.45) is 0 Å². The Balaban J connectivity index is 1.52. The summed E-state index contributed by atoms with van der Waals surface area (Å²) in [7, 11) is 0. The molecule has 0 radical (unpaired) electrons. The Bertz CT molecular complexity index is 628. The third-order valence-electron chi connectivity index (χ3n) is 4.44. The van der Waals surface area contributed by atoms with Crippen molar-refractivity contribution in [2.75, 3.05) is 26.2 Å². The lowest BCUT2D eigenvalue weighted by atomic mass is 10.1. The van der Waals surface area contributed by atoms with Gasteiger partial charge >= 0.3 is 0 Å². The van der Waals surface area contributed by atoms with Crippen molar-refractivity contribution in [3.63, 3.8) is 0 Å². The third kappa shape index (κ3) is 4.06. The molecule has 1 aromatic carbocycles. The highest BCUT2D eigenvalue weighted by atomic mass is 35.5. The quantitative estimate of drug-likeness (QED) is 0.805. The number of imidazole rings is 1. The molecule has 2 aromatic rings. The Morgan fingerprint density at radius 2 is 2.22 bits per heavy atom. The van der Waals surface area contributed by atoms with Crippen molar-refractivity contribution < 1.29 is 4.74 Å². The lowest BCUT2D eigenvalue weighted by Gasteiger charge is -2.34. The fourth-order valence-corrected chi connectivity index (χ4v) is 3.45. The number of piperidine rings is 1. The van der Waals surface area contributed by atoms with Crippen molar-refractivity contribution in [3.05, 3.63) is 47.5 Å². The molecule has 1 aliphatic rings. The minimum Gasteiger partial charge on any atom is -0.491 e. The minimum atomic E-state index is 0.529. The number of ether oxygens (including phenoxy) is 1. The van der Waals surface area contributed by atoms with Gasteiger partial charge in [0.15, 0.2) is 0 Å². The van der Waals surface area contributed by atoms with E-state index < -0.39 is 0 Å². The van der Waals surface area contributed by atoms with Crippen LogP contribution in [0, 0.1) is 0 Å². The number of aryl methyl sites for hydroxylation is 1. The van der Waals surface area contributed by atoms with Crippen molar-refractivity contribution in [1.29, 1.82) is 0 Å². The molecule has 1 saturated heterocycles. The number of halogens is 1. The van der Waals surface area contributed by atoms with Crippen LogP contribution in [0.15, 0.2) is 36.7 Å². The topological polar surface area (TPSA) is 30.3 Å². The lowest BCUT2D eigenvalue weighted by molar-refractivity contribution is 0.148. The molecular formula is C18H24ClN3O. The summed E-state index contributed by atoms with van der Waals surface area (Å²) < 4.78 is 8.17. The van der Waals surface area contributed by atoms with Gasteiger partial charge in [-0.15, -0.1) is 0 Å². The summed E-state index contributed by atoms with van der Waals surface area (Å²) in [4.78, 5) is 6.93. The molecule has 3 rings (SSSR count). The molecule has 1 unspecified atom stereocenters. The van der Waals surface area contributed by atoms with Crippen LogP contribution in [0.3, 0.4) is 0 Å². The summed E-state index contributed by atoms with van der Waals surface area (Å²) in [5.74, 6) is 1.95. The summed E-state index contributed by atoms with van der Waals surface area (Å²) in [6, 6.07) is 8.17. The summed E-state index contributed by atoms with van der Waals surface area (Å²) in [5, 5.41) is 0.676. The number of benzene rings is 1. The van der Waals surface area contributed by atoms with Gasteiger partial charge in [0.1, 0.15) is 18.2 Å². The van der Waals surface area contributed by atoms with E-state index in [2.05, 4.69) is 27.6 Å². The zero-order valence-electron chi connectivity index (χ0n) is 13.6. The van der Waals surface area contributed by atoms with E-state index in [-0.39, 0.29) is 0 Å². The van der Waals surface area contributed by atoms with Crippen LogP contribution in [0.2, 0.25) is 5.02 Å². The molecule has 2 heterocycles. The Kier molecular flexibility index (Phi) is 5.57. The van der Waals surface area contributed by atoms with Crippen LogP contribution in [0.4, 0.5) is 0 Å². The number of para-hydroxylation sites is 1. The van der Waals surface area contributed by atoms with Crippen LogP contribution < -0.4 is 4.74 Å². The SMILES string of the molecule is CCc1nccn1C1CCCN(CCOc2ccccc2Cl)C1. The maximum atomic E-state index is 6.12. The Labute approximate surface area is 143 Å². The van der Waals surface area contributed by atoms with E-state index in [4.69, 9.17) is 16.3 Å². The van der Waals surface area contributed by atoms with Gasteiger partial charge in [0.05, 0.1) is 5.02 Å². The van der Waals surface area contributed by atoms with Crippen LogP contribution in [0.5, 0.6) is 5.75 Å². The Hall–Kier alpha value is -1.52. The molecule has 0 amide bonds. The van der Waals surface area contributed by atoms with E-state index >= 15 is 0 Å². The summed E-state index contributed by atoms with van der Waals surface area (Å²) in [6.07, 6.45) is 7.47. The summed E-state index contributed by atoms with van der Waals surface area (Å²) >= 11 is 6.12. The van der Waals surface area contributed by atoms with Gasteiger partial charge in [-0.05, 0) is 31.5 Å². The second-order valence-electron chi connectivity index (χ2n) is 5.98. The predicted octanol–water partition coefficient (Wildman–Crippen LogP) is 3.81. The summed E-state index contributed by atoms with van der Waals surface area (Å²) in [6.45, 7) is 5.96. The van der Waals surface area contributed by atoms with Crippen LogP contribution in [-0.2, 0) is 6.42 Å². The van der Waals surface area contributed by atoms with E-state index in [9.17, 15) is 0 Å². The number of aromatic nitrogens is 2. The van der Waals surface area contributed by atoms with Crippen molar-refractivity contribution in [1.82, 2.24) is 14.5 Å². The maximum absolute atomic E-state index is 6.12. The fourth-order valence-electron chi connectivity index (χ4n) is 3.26. The Morgan fingerprint density at radius 1 is 1.35 bits per heavy atom. The second-order valence-corrected chi connectivity index (χ2v) is 6.39. The van der Waals surface area contributed by atoms with Gasteiger partial charge in [0.25, 0.3) is 0 Å². The number of hydrogen-bond donors (Lipinski definition) is 0. The van der Waals surface area contributed by atoms with Crippen molar-refractivity contribution in [3.8, 4) is 5.75 Å². The highest BCUT2D eigenvalue weighted by molar-refractivity contribution is 6.32. The fraction of sp³-hybridized carbons (Fsp3) is 0.500. The van der Waals surface area contributed by atoms with Gasteiger partial charge in [-0.3, -0.25) is 4.90 Å². The van der Waals surface area contributed by atoms with Gasteiger partial charge in [-0.2, -0.15) is 0 Å². The van der Waals surface area contributed by atoms with E-state index in [1.165, 1.54) is 18.7 Å². The minimum absolute atomic E-state index is 0.529. The highest BCUT2D eigenvalue weighted by Crippen LogP contribution is 2.24. The van der Waals surface area contributed by atoms with Gasteiger partial charge in [-0.1, -0.05) is 30.7 Å². The third-order valence-corrected chi connectivity index (χ3v) is 4.75.